The minimum Gasteiger partial charge on any atom is -0.490 e. The summed E-state index contributed by atoms with van der Waals surface area (Å²) < 4.78 is 7.50. The molecular weight excluding hydrogens is 340 g/mol. The molecule has 0 atom stereocenters. The molecular formula is C18H19ClN4O2. The van der Waals surface area contributed by atoms with Gasteiger partial charge in [-0.05, 0) is 43.3 Å². The molecule has 0 aliphatic carbocycles. The third-order valence-corrected chi connectivity index (χ3v) is 3.82. The lowest BCUT2D eigenvalue weighted by Gasteiger charge is -2.06. The first-order valence-corrected chi connectivity index (χ1v) is 8.43. The molecule has 130 valence electrons. The number of hydrogen-bond acceptors (Lipinski definition) is 3. The highest BCUT2D eigenvalue weighted by molar-refractivity contribution is 6.30. The van der Waals surface area contributed by atoms with Crippen molar-refractivity contribution in [2.45, 2.75) is 13.3 Å². The van der Waals surface area contributed by atoms with E-state index < -0.39 is 0 Å². The number of anilines is 1. The quantitative estimate of drug-likeness (QED) is 0.705. The van der Waals surface area contributed by atoms with Crippen molar-refractivity contribution in [1.29, 1.82) is 0 Å². The van der Waals surface area contributed by atoms with Crippen LogP contribution in [0.25, 0.3) is 5.65 Å². The summed E-state index contributed by atoms with van der Waals surface area (Å²) in [6, 6.07) is 10.5. The summed E-state index contributed by atoms with van der Waals surface area (Å²) in [5.41, 5.74) is 2.36. The highest BCUT2D eigenvalue weighted by Gasteiger charge is 2.08. The van der Waals surface area contributed by atoms with Gasteiger partial charge in [0, 0.05) is 36.1 Å². The molecule has 3 rings (SSSR count). The minimum atomic E-state index is -0.263. The number of halogens is 1. The number of nitrogens with one attached hydrogen (secondary N) is 2. The summed E-state index contributed by atoms with van der Waals surface area (Å²) in [5.74, 6) is 0.754. The van der Waals surface area contributed by atoms with Gasteiger partial charge in [0.15, 0.2) is 11.4 Å². The number of nitrogens with zero attached hydrogens (tertiary/aromatic N) is 2. The van der Waals surface area contributed by atoms with Gasteiger partial charge in [0.2, 0.25) is 0 Å². The Morgan fingerprint density at radius 2 is 2.08 bits per heavy atom. The van der Waals surface area contributed by atoms with Crippen LogP contribution in [0.3, 0.4) is 0 Å². The SMILES string of the molecule is CCOc1cccn2cc(CCNC(=O)Nc3ccc(Cl)cc3)nc12. The molecule has 0 aliphatic rings. The molecule has 2 aromatic heterocycles. The zero-order chi connectivity index (χ0) is 17.6. The lowest BCUT2D eigenvalue weighted by molar-refractivity contribution is 0.252. The molecule has 0 aliphatic heterocycles. The van der Waals surface area contributed by atoms with Gasteiger partial charge in [-0.15, -0.1) is 0 Å². The van der Waals surface area contributed by atoms with E-state index in [0.717, 1.165) is 17.1 Å². The lowest BCUT2D eigenvalue weighted by atomic mass is 10.3. The zero-order valence-electron chi connectivity index (χ0n) is 13.8. The molecule has 7 heteroatoms. The van der Waals surface area contributed by atoms with E-state index >= 15 is 0 Å². The fourth-order valence-corrected chi connectivity index (χ4v) is 2.57. The predicted molar refractivity (Wildman–Crippen MR) is 98.5 cm³/mol. The molecule has 2 heterocycles. The third kappa shape index (κ3) is 4.42. The molecule has 0 saturated heterocycles. The van der Waals surface area contributed by atoms with Gasteiger partial charge in [-0.2, -0.15) is 0 Å². The number of benzene rings is 1. The van der Waals surface area contributed by atoms with Crippen LogP contribution in [0, 0.1) is 0 Å². The van der Waals surface area contributed by atoms with Crippen molar-refractivity contribution in [2.24, 2.45) is 0 Å². The zero-order valence-corrected chi connectivity index (χ0v) is 14.6. The van der Waals surface area contributed by atoms with Crippen LogP contribution >= 0.6 is 11.6 Å². The number of aromatic nitrogens is 2. The second kappa shape index (κ2) is 7.90. The molecule has 0 saturated carbocycles. The van der Waals surface area contributed by atoms with Crippen LogP contribution in [0.2, 0.25) is 5.02 Å². The second-order valence-corrected chi connectivity index (χ2v) is 5.84. The van der Waals surface area contributed by atoms with Crippen LogP contribution in [0.15, 0.2) is 48.8 Å². The average Bonchev–Trinajstić information content (AvgIpc) is 3.01. The standard InChI is InChI=1S/C18H19ClN4O2/c1-2-25-16-4-3-11-23-12-15(21-17(16)23)9-10-20-18(24)22-14-7-5-13(19)6-8-14/h3-8,11-12H,2,9-10H2,1H3,(H2,20,22,24). The molecule has 25 heavy (non-hydrogen) atoms. The highest BCUT2D eigenvalue weighted by atomic mass is 35.5. The summed E-state index contributed by atoms with van der Waals surface area (Å²) in [7, 11) is 0. The van der Waals surface area contributed by atoms with Crippen LogP contribution in [0.4, 0.5) is 10.5 Å². The molecule has 3 aromatic rings. The third-order valence-electron chi connectivity index (χ3n) is 3.57. The summed E-state index contributed by atoms with van der Waals surface area (Å²) in [6.07, 6.45) is 4.49. The smallest absolute Gasteiger partial charge is 0.319 e. The molecule has 6 nitrogen and oxygen atoms in total. The maximum absolute atomic E-state index is 11.9. The molecule has 0 bridgehead atoms. The Hall–Kier alpha value is -2.73. The number of rotatable bonds is 6. The Kier molecular flexibility index (Phi) is 5.40. The lowest BCUT2D eigenvalue weighted by Crippen LogP contribution is -2.30. The summed E-state index contributed by atoms with van der Waals surface area (Å²) in [4.78, 5) is 16.5. The first-order valence-electron chi connectivity index (χ1n) is 8.05. The average molecular weight is 359 g/mol. The molecule has 2 amide bonds. The van der Waals surface area contributed by atoms with Gasteiger partial charge in [-0.3, -0.25) is 0 Å². The van der Waals surface area contributed by atoms with E-state index in [-0.39, 0.29) is 6.03 Å². The van der Waals surface area contributed by atoms with Gasteiger partial charge in [0.05, 0.1) is 12.3 Å². The van der Waals surface area contributed by atoms with Gasteiger partial charge >= 0.3 is 6.03 Å². The van der Waals surface area contributed by atoms with Crippen molar-refractivity contribution in [1.82, 2.24) is 14.7 Å². The first-order chi connectivity index (χ1) is 12.2. The molecule has 1 aromatic carbocycles. The molecule has 0 fully saturated rings. The number of imidazole rings is 1. The van der Waals surface area contributed by atoms with E-state index in [1.807, 2.05) is 35.9 Å². The first kappa shape index (κ1) is 17.1. The van der Waals surface area contributed by atoms with Crippen molar-refractivity contribution >= 4 is 29.0 Å². The fraction of sp³-hybridized carbons (Fsp3) is 0.222. The van der Waals surface area contributed by atoms with E-state index in [2.05, 4.69) is 15.6 Å². The Labute approximate surface area is 150 Å². The van der Waals surface area contributed by atoms with Crippen molar-refractivity contribution in [3.8, 4) is 5.75 Å². The number of ether oxygens (including phenoxy) is 1. The Balaban J connectivity index is 1.55. The number of urea groups is 1. The Morgan fingerprint density at radius 1 is 1.28 bits per heavy atom. The maximum atomic E-state index is 11.9. The van der Waals surface area contributed by atoms with Gasteiger partial charge in [-0.25, -0.2) is 9.78 Å². The number of pyridine rings is 1. The van der Waals surface area contributed by atoms with Crippen LogP contribution < -0.4 is 15.4 Å². The van der Waals surface area contributed by atoms with Crippen molar-refractivity contribution in [3.05, 3.63) is 59.5 Å². The van der Waals surface area contributed by atoms with Gasteiger partial charge in [0.1, 0.15) is 0 Å². The minimum absolute atomic E-state index is 0.263. The highest BCUT2D eigenvalue weighted by Crippen LogP contribution is 2.19. The number of amides is 2. The molecule has 0 radical (unpaired) electrons. The number of fused-ring (bicyclic) bond motifs is 1. The van der Waals surface area contributed by atoms with Gasteiger partial charge < -0.3 is 19.8 Å². The summed E-state index contributed by atoms with van der Waals surface area (Å²) >= 11 is 5.82. The van der Waals surface area contributed by atoms with Gasteiger partial charge in [0.25, 0.3) is 0 Å². The monoisotopic (exact) mass is 358 g/mol. The normalized spacial score (nSPS) is 10.6. The maximum Gasteiger partial charge on any atom is 0.319 e. The molecule has 0 unspecified atom stereocenters. The summed E-state index contributed by atoms with van der Waals surface area (Å²) in [6.45, 7) is 3.01. The van der Waals surface area contributed by atoms with E-state index in [1.165, 1.54) is 0 Å². The van der Waals surface area contributed by atoms with E-state index in [1.54, 1.807) is 24.3 Å². The largest absolute Gasteiger partial charge is 0.490 e. The van der Waals surface area contributed by atoms with Crippen LogP contribution in [0.1, 0.15) is 12.6 Å². The predicted octanol–water partition coefficient (Wildman–Crippen LogP) is 3.75. The van der Waals surface area contributed by atoms with Gasteiger partial charge in [-0.1, -0.05) is 11.6 Å². The Morgan fingerprint density at radius 3 is 2.84 bits per heavy atom. The number of hydrogen-bond donors (Lipinski definition) is 2. The summed E-state index contributed by atoms with van der Waals surface area (Å²) in [5, 5.41) is 6.20. The number of carbonyl (C=O) groups excluding carboxylic acids is 1. The second-order valence-electron chi connectivity index (χ2n) is 5.41. The van der Waals surface area contributed by atoms with Crippen molar-refractivity contribution < 1.29 is 9.53 Å². The molecule has 0 spiro atoms. The van der Waals surface area contributed by atoms with E-state index in [0.29, 0.717) is 30.3 Å². The van der Waals surface area contributed by atoms with Crippen LogP contribution in [-0.4, -0.2) is 28.6 Å². The number of carbonyl (C=O) groups is 1. The fourth-order valence-electron chi connectivity index (χ4n) is 2.44. The van der Waals surface area contributed by atoms with E-state index in [4.69, 9.17) is 16.3 Å². The Bertz CT molecular complexity index is 861. The van der Waals surface area contributed by atoms with Crippen molar-refractivity contribution in [2.75, 3.05) is 18.5 Å². The molecule has 2 N–H and O–H groups in total. The van der Waals surface area contributed by atoms with Crippen LogP contribution in [-0.2, 0) is 6.42 Å². The van der Waals surface area contributed by atoms with Crippen molar-refractivity contribution in [3.63, 3.8) is 0 Å². The topological polar surface area (TPSA) is 67.7 Å². The van der Waals surface area contributed by atoms with E-state index in [9.17, 15) is 4.79 Å². The van der Waals surface area contributed by atoms with Crippen LogP contribution in [0.5, 0.6) is 5.75 Å².